The minimum absolute atomic E-state index is 0.178. The number of amides is 4. The van der Waals surface area contributed by atoms with Gasteiger partial charge in [-0.1, -0.05) is 20.8 Å². The van der Waals surface area contributed by atoms with E-state index in [0.29, 0.717) is 29.9 Å². The zero-order valence-corrected chi connectivity index (χ0v) is 19.2. The molecular formula is C23H25N7O3. The summed E-state index contributed by atoms with van der Waals surface area (Å²) >= 11 is 0. The van der Waals surface area contributed by atoms with Crippen molar-refractivity contribution < 1.29 is 14.4 Å². The van der Waals surface area contributed by atoms with Crippen LogP contribution in [0, 0.1) is 18.3 Å². The summed E-state index contributed by atoms with van der Waals surface area (Å²) in [6, 6.07) is 3.71. The number of likely N-dealkylation sites (tertiary alicyclic amines) is 1. The number of nitrogens with zero attached hydrogens (tertiary/aromatic N) is 7. The van der Waals surface area contributed by atoms with Gasteiger partial charge in [-0.3, -0.25) is 14.3 Å². The second kappa shape index (κ2) is 6.88. The van der Waals surface area contributed by atoms with Gasteiger partial charge in [-0.05, 0) is 31.0 Å². The van der Waals surface area contributed by atoms with Crippen molar-refractivity contribution in [2.24, 2.45) is 7.05 Å². The fourth-order valence-corrected chi connectivity index (χ4v) is 5.11. The first-order valence-electron chi connectivity index (χ1n) is 10.9. The molecule has 3 aliphatic rings. The SMILES string of the molecule is Cc1cc(N2C(=O)[C@@H]3C4CC(CN4C(=O)c4cc(C(C)(C)C)nn4C)N3C2=O)cnc1C#N. The van der Waals surface area contributed by atoms with Crippen LogP contribution in [0.5, 0.6) is 0 Å². The van der Waals surface area contributed by atoms with Crippen LogP contribution < -0.4 is 4.90 Å². The summed E-state index contributed by atoms with van der Waals surface area (Å²) < 4.78 is 1.59. The largest absolute Gasteiger partial charge is 0.332 e. The van der Waals surface area contributed by atoms with Crippen LogP contribution in [0.1, 0.15) is 54.6 Å². The molecule has 0 aliphatic carbocycles. The highest BCUT2D eigenvalue weighted by Crippen LogP contribution is 2.43. The molecule has 5 rings (SSSR count). The van der Waals surface area contributed by atoms with E-state index in [1.807, 2.05) is 32.9 Å². The highest BCUT2D eigenvalue weighted by Gasteiger charge is 2.63. The normalized spacial score (nSPS) is 24.0. The van der Waals surface area contributed by atoms with Gasteiger partial charge in [0.25, 0.3) is 11.8 Å². The lowest BCUT2D eigenvalue weighted by atomic mass is 9.92. The van der Waals surface area contributed by atoms with Crippen molar-refractivity contribution in [3.63, 3.8) is 0 Å². The summed E-state index contributed by atoms with van der Waals surface area (Å²) in [6.45, 7) is 8.21. The van der Waals surface area contributed by atoms with E-state index in [1.54, 1.807) is 34.5 Å². The van der Waals surface area contributed by atoms with Crippen LogP contribution in [0.3, 0.4) is 0 Å². The fourth-order valence-electron chi connectivity index (χ4n) is 5.11. The number of anilines is 1. The molecule has 3 saturated heterocycles. The number of urea groups is 1. The number of pyridine rings is 1. The molecule has 0 aromatic carbocycles. The maximum atomic E-state index is 13.4. The first-order valence-corrected chi connectivity index (χ1v) is 10.9. The van der Waals surface area contributed by atoms with Crippen molar-refractivity contribution in [2.75, 3.05) is 11.4 Å². The molecule has 4 amide bonds. The van der Waals surface area contributed by atoms with Gasteiger partial charge in [0.1, 0.15) is 23.5 Å². The Hall–Kier alpha value is -3.74. The summed E-state index contributed by atoms with van der Waals surface area (Å²) in [6.07, 6.45) is 1.95. The van der Waals surface area contributed by atoms with E-state index in [1.165, 1.54) is 6.20 Å². The van der Waals surface area contributed by atoms with Gasteiger partial charge in [-0.2, -0.15) is 10.4 Å². The summed E-state index contributed by atoms with van der Waals surface area (Å²) in [7, 11) is 1.75. The second-order valence-corrected chi connectivity index (χ2v) is 9.98. The van der Waals surface area contributed by atoms with Crippen molar-refractivity contribution in [3.05, 3.63) is 41.0 Å². The van der Waals surface area contributed by atoms with Crippen molar-refractivity contribution >= 4 is 23.5 Å². The van der Waals surface area contributed by atoms with Gasteiger partial charge in [0, 0.05) is 19.0 Å². The van der Waals surface area contributed by atoms with Gasteiger partial charge < -0.3 is 9.80 Å². The maximum Gasteiger partial charge on any atom is 0.332 e. The molecule has 3 atom stereocenters. The molecule has 3 fully saturated rings. The molecule has 2 aromatic heterocycles. The third kappa shape index (κ3) is 2.95. The zero-order chi connectivity index (χ0) is 23.8. The van der Waals surface area contributed by atoms with E-state index in [0.717, 1.165) is 10.6 Å². The molecule has 10 heteroatoms. The average molecular weight is 447 g/mol. The molecule has 2 bridgehead atoms. The Morgan fingerprint density at radius 3 is 2.58 bits per heavy atom. The summed E-state index contributed by atoms with van der Waals surface area (Å²) in [5.41, 5.74) is 2.28. The van der Waals surface area contributed by atoms with Gasteiger partial charge in [0.15, 0.2) is 0 Å². The van der Waals surface area contributed by atoms with Crippen LogP contribution in [0.4, 0.5) is 10.5 Å². The number of hydrogen-bond acceptors (Lipinski definition) is 6. The number of rotatable bonds is 2. The molecule has 2 unspecified atom stereocenters. The van der Waals surface area contributed by atoms with Crippen LogP contribution in [0.15, 0.2) is 18.3 Å². The predicted octanol–water partition coefficient (Wildman–Crippen LogP) is 1.73. The van der Waals surface area contributed by atoms with Crippen LogP contribution in [0.2, 0.25) is 0 Å². The Balaban J connectivity index is 1.43. The van der Waals surface area contributed by atoms with E-state index >= 15 is 0 Å². The summed E-state index contributed by atoms with van der Waals surface area (Å²) in [4.78, 5) is 48.5. The molecule has 33 heavy (non-hydrogen) atoms. The average Bonchev–Trinajstić information content (AvgIpc) is 3.49. The molecule has 3 aliphatic heterocycles. The van der Waals surface area contributed by atoms with Gasteiger partial charge in [0.2, 0.25) is 0 Å². The smallest absolute Gasteiger partial charge is 0.330 e. The number of fused-ring (bicyclic) bond motifs is 5. The predicted molar refractivity (Wildman–Crippen MR) is 117 cm³/mol. The topological polar surface area (TPSA) is 115 Å². The maximum absolute atomic E-state index is 13.4. The Morgan fingerprint density at radius 1 is 1.24 bits per heavy atom. The molecule has 0 saturated carbocycles. The minimum atomic E-state index is -0.716. The standard InChI is InChI=1S/C23H25N7O3/c1-12-6-13(10-25-15(12)9-24)30-21(32)19-16-7-14(29(19)22(30)33)11-28(16)20(31)17-8-18(23(2,3)4)26-27(17)5/h6,8,10,14,16,19H,7,11H2,1-5H3/t14?,16?,19-/m0/s1. The highest BCUT2D eigenvalue weighted by atomic mass is 16.2. The Morgan fingerprint density at radius 2 is 1.97 bits per heavy atom. The minimum Gasteiger partial charge on any atom is -0.330 e. The molecule has 2 aromatic rings. The number of aromatic nitrogens is 3. The third-order valence-electron chi connectivity index (χ3n) is 6.82. The van der Waals surface area contributed by atoms with Gasteiger partial charge in [-0.15, -0.1) is 0 Å². The summed E-state index contributed by atoms with van der Waals surface area (Å²) in [5, 5.41) is 13.6. The van der Waals surface area contributed by atoms with Gasteiger partial charge in [0.05, 0.1) is 29.7 Å². The molecule has 5 heterocycles. The van der Waals surface area contributed by atoms with E-state index in [2.05, 4.69) is 10.1 Å². The number of nitriles is 1. The van der Waals surface area contributed by atoms with Crippen molar-refractivity contribution in [1.82, 2.24) is 24.6 Å². The monoisotopic (exact) mass is 447 g/mol. The molecule has 0 spiro atoms. The van der Waals surface area contributed by atoms with Crippen LogP contribution >= 0.6 is 0 Å². The Kier molecular flexibility index (Phi) is 4.40. The number of hydrogen-bond donors (Lipinski definition) is 0. The van der Waals surface area contributed by atoms with Gasteiger partial charge in [-0.25, -0.2) is 14.7 Å². The van der Waals surface area contributed by atoms with E-state index < -0.39 is 12.1 Å². The lowest BCUT2D eigenvalue weighted by Crippen LogP contribution is -2.55. The quantitative estimate of drug-likeness (QED) is 0.648. The number of aryl methyl sites for hydroxylation is 2. The number of carbonyl (C=O) groups is 3. The van der Waals surface area contributed by atoms with Crippen molar-refractivity contribution in [2.45, 2.75) is 57.7 Å². The first kappa shape index (κ1) is 21.1. The number of imide groups is 1. The fraction of sp³-hybridized carbons (Fsp3) is 0.478. The Bertz CT molecular complexity index is 1250. The number of piperazine rings is 1. The van der Waals surface area contributed by atoms with E-state index in [9.17, 15) is 14.4 Å². The van der Waals surface area contributed by atoms with Crippen LogP contribution in [-0.4, -0.2) is 67.1 Å². The Labute approximate surface area is 191 Å². The van der Waals surface area contributed by atoms with Crippen molar-refractivity contribution in [1.29, 1.82) is 5.26 Å². The lowest BCUT2D eigenvalue weighted by molar-refractivity contribution is -0.121. The van der Waals surface area contributed by atoms with Gasteiger partial charge >= 0.3 is 6.03 Å². The zero-order valence-electron chi connectivity index (χ0n) is 19.2. The third-order valence-corrected chi connectivity index (χ3v) is 6.82. The summed E-state index contributed by atoms with van der Waals surface area (Å²) in [5.74, 6) is -0.543. The van der Waals surface area contributed by atoms with E-state index in [-0.39, 0.29) is 35.0 Å². The highest BCUT2D eigenvalue weighted by molar-refractivity contribution is 6.22. The molecular weight excluding hydrogens is 422 g/mol. The number of carbonyl (C=O) groups excluding carboxylic acids is 3. The molecule has 0 N–H and O–H groups in total. The molecule has 170 valence electrons. The molecule has 10 nitrogen and oxygen atoms in total. The molecule has 0 radical (unpaired) electrons. The lowest BCUT2D eigenvalue weighted by Gasteiger charge is -2.34. The van der Waals surface area contributed by atoms with E-state index in [4.69, 9.17) is 5.26 Å². The second-order valence-electron chi connectivity index (χ2n) is 9.98. The van der Waals surface area contributed by atoms with Crippen molar-refractivity contribution in [3.8, 4) is 6.07 Å². The van der Waals surface area contributed by atoms with Crippen LogP contribution in [0.25, 0.3) is 0 Å². The van der Waals surface area contributed by atoms with Crippen LogP contribution in [-0.2, 0) is 17.3 Å². The first-order chi connectivity index (χ1) is 15.5.